The van der Waals surface area contributed by atoms with Gasteiger partial charge in [-0.05, 0) is 92.4 Å². The van der Waals surface area contributed by atoms with E-state index >= 15 is 0 Å². The molecule has 0 bridgehead atoms. The van der Waals surface area contributed by atoms with Crippen molar-refractivity contribution in [2.24, 2.45) is 5.41 Å². The number of nitrogens with zero attached hydrogens (tertiary/aromatic N) is 2. The van der Waals surface area contributed by atoms with Crippen LogP contribution in [0.2, 0.25) is 0 Å². The van der Waals surface area contributed by atoms with E-state index in [4.69, 9.17) is 14.6 Å². The van der Waals surface area contributed by atoms with Gasteiger partial charge in [-0.1, -0.05) is 12.1 Å². The van der Waals surface area contributed by atoms with E-state index in [1.165, 1.54) is 7.11 Å². The molecule has 2 heterocycles. The molecule has 0 aromatic heterocycles. The minimum absolute atomic E-state index is 0.0387. The average molecular weight is 624 g/mol. The standard InChI is InChI=1S/C34H49N5O6/c1-3-45-30-19-29(33(43)44-2)28(24-4-5-24)18-26(30)21-38-15-10-34(11-16-38)20-31(41)39(22-34)27-8-6-25(7-9-27)32(42)37-13-12-35-23-36-14-17-40/h6-9,18-19,24,32,35-37,40,42H,3-5,10-17,20-23H2,1-2H3. The average Bonchev–Trinajstić information content (AvgIpc) is 3.85. The van der Waals surface area contributed by atoms with Gasteiger partial charge in [0.25, 0.3) is 0 Å². The van der Waals surface area contributed by atoms with E-state index in [0.29, 0.717) is 57.4 Å². The van der Waals surface area contributed by atoms with E-state index in [9.17, 15) is 14.7 Å². The molecule has 0 radical (unpaired) electrons. The van der Waals surface area contributed by atoms with Crippen molar-refractivity contribution in [3.05, 3.63) is 58.7 Å². The number of methoxy groups -OCH3 is 1. The van der Waals surface area contributed by atoms with Crippen LogP contribution in [0.15, 0.2) is 36.4 Å². The van der Waals surface area contributed by atoms with E-state index in [-0.39, 0.29) is 23.9 Å². The number of nitrogens with one attached hydrogen (secondary N) is 3. The SMILES string of the molecule is CCOc1cc(C(=O)OC)c(C2CC2)cc1CN1CCC2(CC1)CC(=O)N(c1ccc(C(O)NCCNCNCCO)cc1)C2. The third kappa shape index (κ3) is 8.41. The van der Waals surface area contributed by atoms with Gasteiger partial charge in [0, 0.05) is 57.1 Å². The number of amides is 1. The van der Waals surface area contributed by atoms with Crippen LogP contribution in [-0.2, 0) is 16.1 Å². The number of hydrogen-bond acceptors (Lipinski definition) is 10. The predicted molar refractivity (Wildman–Crippen MR) is 172 cm³/mol. The summed E-state index contributed by atoms with van der Waals surface area (Å²) in [6.07, 6.45) is 3.83. The molecule has 11 nitrogen and oxygen atoms in total. The molecule has 5 N–H and O–H groups in total. The molecule has 1 saturated carbocycles. The van der Waals surface area contributed by atoms with Gasteiger partial charge in [0.1, 0.15) is 12.0 Å². The van der Waals surface area contributed by atoms with Crippen molar-refractivity contribution < 1.29 is 29.3 Å². The zero-order valence-corrected chi connectivity index (χ0v) is 26.6. The molecule has 1 atom stereocenters. The van der Waals surface area contributed by atoms with E-state index in [1.54, 1.807) is 0 Å². The largest absolute Gasteiger partial charge is 0.494 e. The summed E-state index contributed by atoms with van der Waals surface area (Å²) in [5.41, 5.74) is 4.37. The predicted octanol–water partition coefficient (Wildman–Crippen LogP) is 2.48. The van der Waals surface area contributed by atoms with Gasteiger partial charge in [0.2, 0.25) is 5.91 Å². The lowest BCUT2D eigenvalue weighted by Crippen LogP contribution is -2.41. The van der Waals surface area contributed by atoms with E-state index < -0.39 is 6.23 Å². The number of anilines is 1. The number of ether oxygens (including phenoxy) is 2. The van der Waals surface area contributed by atoms with Crippen molar-refractivity contribution in [2.75, 3.05) is 71.2 Å². The monoisotopic (exact) mass is 623 g/mol. The molecule has 246 valence electrons. The molecular formula is C34H49N5O6. The quantitative estimate of drug-likeness (QED) is 0.108. The van der Waals surface area contributed by atoms with Crippen LogP contribution in [0.5, 0.6) is 5.75 Å². The second-order valence-corrected chi connectivity index (χ2v) is 12.5. The fourth-order valence-corrected chi connectivity index (χ4v) is 6.56. The summed E-state index contributed by atoms with van der Waals surface area (Å²) in [6.45, 7) is 8.23. The lowest BCUT2D eigenvalue weighted by atomic mass is 9.77. The molecular weight excluding hydrogens is 574 g/mol. The molecule has 2 aromatic rings. The molecule has 1 unspecified atom stereocenters. The first kappa shape index (κ1) is 33.3. The van der Waals surface area contributed by atoms with Crippen molar-refractivity contribution in [3.8, 4) is 5.75 Å². The summed E-state index contributed by atoms with van der Waals surface area (Å²) in [4.78, 5) is 30.1. The van der Waals surface area contributed by atoms with Gasteiger partial charge < -0.3 is 35.2 Å². The molecule has 3 fully saturated rings. The first-order valence-corrected chi connectivity index (χ1v) is 16.3. The Balaban J connectivity index is 1.15. The Morgan fingerprint density at radius 3 is 2.49 bits per heavy atom. The number of carbonyl (C=O) groups excluding carboxylic acids is 2. The van der Waals surface area contributed by atoms with Crippen LogP contribution in [0, 0.1) is 5.41 Å². The lowest BCUT2D eigenvalue weighted by molar-refractivity contribution is -0.118. The summed E-state index contributed by atoms with van der Waals surface area (Å²) in [5.74, 6) is 1.00. The number of esters is 1. The van der Waals surface area contributed by atoms with Gasteiger partial charge in [-0.2, -0.15) is 0 Å². The number of likely N-dealkylation sites (tertiary alicyclic amines) is 1. The normalized spacial score (nSPS) is 18.8. The summed E-state index contributed by atoms with van der Waals surface area (Å²) >= 11 is 0. The Hall–Kier alpha value is -3.06. The summed E-state index contributed by atoms with van der Waals surface area (Å²) in [7, 11) is 1.42. The number of piperidine rings is 1. The molecule has 2 saturated heterocycles. The van der Waals surface area contributed by atoms with Crippen molar-refractivity contribution in [1.82, 2.24) is 20.9 Å². The highest BCUT2D eigenvalue weighted by Crippen LogP contribution is 2.45. The molecule has 11 heteroatoms. The number of aliphatic hydroxyl groups excluding tert-OH is 2. The molecule has 2 aromatic carbocycles. The van der Waals surface area contributed by atoms with Gasteiger partial charge in [-0.15, -0.1) is 0 Å². The Bertz CT molecular complexity index is 1290. The topological polar surface area (TPSA) is 136 Å². The minimum Gasteiger partial charge on any atom is -0.494 e. The van der Waals surface area contributed by atoms with Crippen LogP contribution in [-0.4, -0.2) is 93.3 Å². The maximum Gasteiger partial charge on any atom is 0.338 e. The minimum atomic E-state index is -0.795. The number of hydrogen-bond donors (Lipinski definition) is 5. The smallest absolute Gasteiger partial charge is 0.338 e. The van der Waals surface area contributed by atoms with Crippen molar-refractivity contribution >= 4 is 17.6 Å². The Kier molecular flexibility index (Phi) is 11.5. The number of aliphatic hydroxyl groups is 2. The van der Waals surface area contributed by atoms with Crippen LogP contribution >= 0.6 is 0 Å². The third-order valence-corrected chi connectivity index (χ3v) is 9.29. The molecule has 1 spiro atoms. The first-order valence-electron chi connectivity index (χ1n) is 16.3. The highest BCUT2D eigenvalue weighted by atomic mass is 16.5. The van der Waals surface area contributed by atoms with Crippen molar-refractivity contribution in [2.45, 2.75) is 57.7 Å². The van der Waals surface area contributed by atoms with Gasteiger partial charge >= 0.3 is 5.97 Å². The second-order valence-electron chi connectivity index (χ2n) is 12.5. The third-order valence-electron chi connectivity index (χ3n) is 9.29. The fraction of sp³-hybridized carbons (Fsp3) is 0.588. The molecule has 2 aliphatic heterocycles. The molecule has 1 amide bonds. The molecule has 3 aliphatic rings. The van der Waals surface area contributed by atoms with Crippen LogP contribution in [0.1, 0.15) is 78.2 Å². The van der Waals surface area contributed by atoms with Crippen LogP contribution in [0.3, 0.4) is 0 Å². The van der Waals surface area contributed by atoms with Gasteiger partial charge in [0.15, 0.2) is 0 Å². The highest BCUT2D eigenvalue weighted by molar-refractivity contribution is 5.96. The Morgan fingerprint density at radius 1 is 1.09 bits per heavy atom. The molecule has 1 aliphatic carbocycles. The highest BCUT2D eigenvalue weighted by Gasteiger charge is 2.45. The maximum atomic E-state index is 13.2. The van der Waals surface area contributed by atoms with Crippen LogP contribution in [0.4, 0.5) is 5.69 Å². The summed E-state index contributed by atoms with van der Waals surface area (Å²) in [6, 6.07) is 11.6. The van der Waals surface area contributed by atoms with Gasteiger partial charge in [-0.3, -0.25) is 15.0 Å². The van der Waals surface area contributed by atoms with Crippen molar-refractivity contribution in [3.63, 3.8) is 0 Å². The molecule has 45 heavy (non-hydrogen) atoms. The summed E-state index contributed by atoms with van der Waals surface area (Å²) in [5, 5.41) is 28.6. The number of benzene rings is 2. The fourth-order valence-electron chi connectivity index (χ4n) is 6.56. The summed E-state index contributed by atoms with van der Waals surface area (Å²) < 4.78 is 11.1. The Labute approximate surface area is 266 Å². The Morgan fingerprint density at radius 2 is 1.82 bits per heavy atom. The van der Waals surface area contributed by atoms with Gasteiger partial charge in [0.05, 0.1) is 25.9 Å². The van der Waals surface area contributed by atoms with E-state index in [0.717, 1.165) is 73.4 Å². The second kappa shape index (κ2) is 15.5. The first-order chi connectivity index (χ1) is 21.9. The maximum absolute atomic E-state index is 13.2. The van der Waals surface area contributed by atoms with E-state index in [2.05, 4.69) is 26.9 Å². The zero-order chi connectivity index (χ0) is 31.8. The van der Waals surface area contributed by atoms with Crippen molar-refractivity contribution in [1.29, 1.82) is 0 Å². The van der Waals surface area contributed by atoms with Crippen LogP contribution < -0.4 is 25.6 Å². The molecule has 5 rings (SSSR count). The lowest BCUT2D eigenvalue weighted by Gasteiger charge is -2.39. The van der Waals surface area contributed by atoms with Gasteiger partial charge in [-0.25, -0.2) is 4.79 Å². The van der Waals surface area contributed by atoms with E-state index in [1.807, 2.05) is 42.2 Å². The zero-order valence-electron chi connectivity index (χ0n) is 26.6. The number of rotatable bonds is 16. The van der Waals surface area contributed by atoms with Crippen LogP contribution in [0.25, 0.3) is 0 Å². The number of carbonyl (C=O) groups is 2.